The van der Waals surface area contributed by atoms with Gasteiger partial charge in [0.2, 0.25) is 0 Å². The Morgan fingerprint density at radius 1 is 1.53 bits per heavy atom. The zero-order valence-electron chi connectivity index (χ0n) is 11.3. The van der Waals surface area contributed by atoms with Crippen molar-refractivity contribution in [2.24, 2.45) is 5.73 Å². The Labute approximate surface area is 122 Å². The Kier molecular flexibility index (Phi) is 4.84. The maximum absolute atomic E-state index is 9.27. The minimum absolute atomic E-state index is 0.0113. The summed E-state index contributed by atoms with van der Waals surface area (Å²) >= 11 is 3.57. The minimum Gasteiger partial charge on any atom is -0.394 e. The fourth-order valence-corrected chi connectivity index (χ4v) is 3.17. The predicted octanol–water partition coefficient (Wildman–Crippen LogP) is 2.05. The Morgan fingerprint density at radius 3 is 2.84 bits per heavy atom. The third-order valence-corrected chi connectivity index (χ3v) is 4.06. The lowest BCUT2D eigenvalue weighted by atomic mass is 10.1. The average molecular weight is 329 g/mol. The molecule has 1 aromatic carbocycles. The van der Waals surface area contributed by atoms with Gasteiger partial charge in [-0.1, -0.05) is 22.0 Å². The van der Waals surface area contributed by atoms with Crippen LogP contribution in [0.5, 0.6) is 0 Å². The van der Waals surface area contributed by atoms with Crippen molar-refractivity contribution in [2.75, 3.05) is 24.6 Å². The number of halogens is 1. The predicted molar refractivity (Wildman–Crippen MR) is 80.4 cm³/mol. The molecule has 2 rings (SSSR count). The van der Waals surface area contributed by atoms with Gasteiger partial charge in [-0.15, -0.1) is 0 Å². The first kappa shape index (κ1) is 14.8. The van der Waals surface area contributed by atoms with Crippen molar-refractivity contribution in [3.8, 4) is 0 Å². The molecule has 0 aliphatic carbocycles. The van der Waals surface area contributed by atoms with Crippen LogP contribution < -0.4 is 10.6 Å². The molecule has 1 heterocycles. The second-order valence-electron chi connectivity index (χ2n) is 5.15. The van der Waals surface area contributed by atoms with Gasteiger partial charge in [0.25, 0.3) is 0 Å². The van der Waals surface area contributed by atoms with Crippen molar-refractivity contribution in [2.45, 2.75) is 32.1 Å². The number of aliphatic hydroxyl groups excluding tert-OH is 1. The monoisotopic (exact) mass is 328 g/mol. The van der Waals surface area contributed by atoms with Crippen LogP contribution in [-0.2, 0) is 4.74 Å². The standard InChI is InChI=1S/C14H21BrN2O2/c1-9-6-17(7-12(8-18)19-9)11-3-4-13(10(2)16)14(15)5-11/h3-5,9-10,12,18H,6-8,16H2,1-2H3. The number of hydrogen-bond acceptors (Lipinski definition) is 4. The third kappa shape index (κ3) is 3.48. The quantitative estimate of drug-likeness (QED) is 0.891. The lowest BCUT2D eigenvalue weighted by Crippen LogP contribution is -2.48. The lowest BCUT2D eigenvalue weighted by molar-refractivity contribution is -0.0421. The summed E-state index contributed by atoms with van der Waals surface area (Å²) in [6.07, 6.45) is 0.00779. The van der Waals surface area contributed by atoms with Crippen LogP contribution in [0.2, 0.25) is 0 Å². The molecule has 3 unspecified atom stereocenters. The van der Waals surface area contributed by atoms with Crippen LogP contribution in [0.3, 0.4) is 0 Å². The first-order chi connectivity index (χ1) is 9.01. The van der Waals surface area contributed by atoms with Crippen molar-refractivity contribution in [1.82, 2.24) is 0 Å². The summed E-state index contributed by atoms with van der Waals surface area (Å²) in [4.78, 5) is 2.24. The van der Waals surface area contributed by atoms with Crippen molar-refractivity contribution in [3.63, 3.8) is 0 Å². The first-order valence-corrected chi connectivity index (χ1v) is 7.37. The van der Waals surface area contributed by atoms with Gasteiger partial charge in [-0.25, -0.2) is 0 Å². The number of benzene rings is 1. The number of rotatable bonds is 3. The van der Waals surface area contributed by atoms with E-state index in [4.69, 9.17) is 10.5 Å². The number of hydrogen-bond donors (Lipinski definition) is 2. The number of nitrogens with zero attached hydrogens (tertiary/aromatic N) is 1. The smallest absolute Gasteiger partial charge is 0.0984 e. The van der Waals surface area contributed by atoms with Gasteiger partial charge in [-0.3, -0.25) is 0 Å². The Hall–Kier alpha value is -0.620. The molecule has 3 atom stereocenters. The summed E-state index contributed by atoms with van der Waals surface area (Å²) in [5.74, 6) is 0. The van der Waals surface area contributed by atoms with Crippen LogP contribution in [0, 0.1) is 0 Å². The van der Waals surface area contributed by atoms with E-state index in [0.29, 0.717) is 6.54 Å². The largest absolute Gasteiger partial charge is 0.394 e. The van der Waals surface area contributed by atoms with Gasteiger partial charge in [0.05, 0.1) is 18.8 Å². The highest BCUT2D eigenvalue weighted by molar-refractivity contribution is 9.10. The first-order valence-electron chi connectivity index (χ1n) is 6.57. The number of morpholine rings is 1. The molecule has 19 heavy (non-hydrogen) atoms. The fraction of sp³-hybridized carbons (Fsp3) is 0.571. The topological polar surface area (TPSA) is 58.7 Å². The molecular formula is C14H21BrN2O2. The molecule has 1 aliphatic heterocycles. The maximum Gasteiger partial charge on any atom is 0.0984 e. The highest BCUT2D eigenvalue weighted by Crippen LogP contribution is 2.29. The number of ether oxygens (including phenoxy) is 1. The SMILES string of the molecule is CC1CN(c2ccc(C(C)N)c(Br)c2)CC(CO)O1. The average Bonchev–Trinajstić information content (AvgIpc) is 2.37. The molecule has 0 saturated carbocycles. The van der Waals surface area contributed by atoms with E-state index >= 15 is 0 Å². The van der Waals surface area contributed by atoms with Gasteiger partial charge in [0, 0.05) is 29.3 Å². The van der Waals surface area contributed by atoms with Gasteiger partial charge < -0.3 is 20.5 Å². The summed E-state index contributed by atoms with van der Waals surface area (Å²) < 4.78 is 6.68. The Morgan fingerprint density at radius 2 is 2.26 bits per heavy atom. The van der Waals surface area contributed by atoms with E-state index in [1.54, 1.807) is 0 Å². The zero-order chi connectivity index (χ0) is 14.0. The third-order valence-electron chi connectivity index (χ3n) is 3.37. The molecule has 4 nitrogen and oxygen atoms in total. The van der Waals surface area contributed by atoms with E-state index < -0.39 is 0 Å². The number of nitrogens with two attached hydrogens (primary N) is 1. The minimum atomic E-state index is -0.115. The van der Waals surface area contributed by atoms with E-state index in [2.05, 4.69) is 39.0 Å². The number of aliphatic hydroxyl groups is 1. The lowest BCUT2D eigenvalue weighted by Gasteiger charge is -2.37. The molecule has 0 spiro atoms. The zero-order valence-corrected chi connectivity index (χ0v) is 12.9. The molecule has 5 heteroatoms. The summed E-state index contributed by atoms with van der Waals surface area (Å²) in [6, 6.07) is 6.23. The van der Waals surface area contributed by atoms with Gasteiger partial charge in [0.15, 0.2) is 0 Å². The summed E-state index contributed by atoms with van der Waals surface area (Å²) in [7, 11) is 0. The van der Waals surface area contributed by atoms with Gasteiger partial charge >= 0.3 is 0 Å². The Bertz CT molecular complexity index is 439. The molecule has 0 amide bonds. The Balaban J connectivity index is 2.19. The highest BCUT2D eigenvalue weighted by atomic mass is 79.9. The molecule has 1 saturated heterocycles. The maximum atomic E-state index is 9.27. The van der Waals surface area contributed by atoms with Crippen molar-refractivity contribution >= 4 is 21.6 Å². The highest BCUT2D eigenvalue weighted by Gasteiger charge is 2.25. The summed E-state index contributed by atoms with van der Waals surface area (Å²) in [5, 5.41) is 9.27. The van der Waals surface area contributed by atoms with Gasteiger partial charge in [-0.2, -0.15) is 0 Å². The molecular weight excluding hydrogens is 308 g/mol. The second kappa shape index (κ2) is 6.22. The molecule has 1 aliphatic rings. The second-order valence-corrected chi connectivity index (χ2v) is 6.01. The molecule has 0 bridgehead atoms. The van der Waals surface area contributed by atoms with E-state index in [9.17, 15) is 5.11 Å². The van der Waals surface area contributed by atoms with Crippen LogP contribution in [0.4, 0.5) is 5.69 Å². The molecule has 1 aromatic rings. The van der Waals surface area contributed by atoms with E-state index in [-0.39, 0.29) is 24.9 Å². The number of anilines is 1. The normalized spacial score (nSPS) is 25.4. The molecule has 3 N–H and O–H groups in total. The van der Waals surface area contributed by atoms with Crippen LogP contribution in [0.25, 0.3) is 0 Å². The van der Waals surface area contributed by atoms with E-state index in [0.717, 1.165) is 22.3 Å². The van der Waals surface area contributed by atoms with Gasteiger partial charge in [-0.05, 0) is 31.5 Å². The van der Waals surface area contributed by atoms with Crippen LogP contribution in [0.15, 0.2) is 22.7 Å². The van der Waals surface area contributed by atoms with Crippen molar-refractivity contribution < 1.29 is 9.84 Å². The molecule has 1 fully saturated rings. The molecule has 0 aromatic heterocycles. The fourth-order valence-electron chi connectivity index (χ4n) is 2.44. The van der Waals surface area contributed by atoms with E-state index in [1.165, 1.54) is 0 Å². The molecule has 0 radical (unpaired) electrons. The van der Waals surface area contributed by atoms with Crippen molar-refractivity contribution in [1.29, 1.82) is 0 Å². The van der Waals surface area contributed by atoms with Crippen molar-refractivity contribution in [3.05, 3.63) is 28.2 Å². The summed E-state index contributed by atoms with van der Waals surface area (Å²) in [6.45, 7) is 5.60. The van der Waals surface area contributed by atoms with Gasteiger partial charge in [0.1, 0.15) is 0 Å². The summed E-state index contributed by atoms with van der Waals surface area (Å²) in [5.41, 5.74) is 8.14. The van der Waals surface area contributed by atoms with Crippen LogP contribution in [-0.4, -0.2) is 37.0 Å². The van der Waals surface area contributed by atoms with Crippen LogP contribution in [0.1, 0.15) is 25.5 Å². The van der Waals surface area contributed by atoms with Crippen LogP contribution >= 0.6 is 15.9 Å². The van der Waals surface area contributed by atoms with E-state index in [1.807, 2.05) is 13.8 Å². The molecule has 106 valence electrons.